The molecule has 0 bridgehead atoms. The summed E-state index contributed by atoms with van der Waals surface area (Å²) in [6.45, 7) is 1.36. The molecular weight excluding hydrogens is 249 g/mol. The molecule has 1 unspecified atom stereocenters. The highest BCUT2D eigenvalue weighted by atomic mass is 19.1. The van der Waals surface area contributed by atoms with Crippen molar-refractivity contribution in [2.24, 2.45) is 0 Å². The molecule has 6 heteroatoms. The molecule has 0 amide bonds. The summed E-state index contributed by atoms with van der Waals surface area (Å²) in [4.78, 5) is 4.26. The molecule has 1 fully saturated rings. The highest BCUT2D eigenvalue weighted by Gasteiger charge is 2.22. The Labute approximate surface area is 109 Å². The van der Waals surface area contributed by atoms with Crippen LogP contribution in [0.1, 0.15) is 24.6 Å². The van der Waals surface area contributed by atoms with Crippen molar-refractivity contribution in [2.75, 3.05) is 18.9 Å². The minimum Gasteiger partial charge on any atom is -0.399 e. The average molecular weight is 263 g/mol. The molecule has 19 heavy (non-hydrogen) atoms. The zero-order valence-electron chi connectivity index (χ0n) is 10.3. The zero-order valence-corrected chi connectivity index (χ0v) is 10.3. The third kappa shape index (κ3) is 2.44. The van der Waals surface area contributed by atoms with Gasteiger partial charge in [0, 0.05) is 18.2 Å². The largest absolute Gasteiger partial charge is 0.399 e. The maximum Gasteiger partial charge on any atom is 0.260 e. The van der Waals surface area contributed by atoms with E-state index in [4.69, 9.17) is 15.0 Å². The first-order valence-corrected chi connectivity index (χ1v) is 6.21. The van der Waals surface area contributed by atoms with Gasteiger partial charge in [0.05, 0.1) is 12.2 Å². The fourth-order valence-corrected chi connectivity index (χ4v) is 2.16. The Morgan fingerprint density at radius 2 is 2.26 bits per heavy atom. The molecule has 1 aliphatic rings. The van der Waals surface area contributed by atoms with Crippen LogP contribution in [-0.4, -0.2) is 23.4 Å². The number of aromatic nitrogens is 2. The zero-order chi connectivity index (χ0) is 13.2. The Balaban J connectivity index is 1.87. The lowest BCUT2D eigenvalue weighted by Gasteiger charge is -2.18. The molecule has 0 aliphatic carbocycles. The van der Waals surface area contributed by atoms with Gasteiger partial charge in [-0.15, -0.1) is 0 Å². The first kappa shape index (κ1) is 12.1. The van der Waals surface area contributed by atoms with Gasteiger partial charge in [0.25, 0.3) is 5.89 Å². The Hall–Kier alpha value is -1.95. The number of anilines is 1. The Kier molecular flexibility index (Phi) is 3.16. The predicted octanol–water partition coefficient (Wildman–Crippen LogP) is 2.35. The van der Waals surface area contributed by atoms with E-state index in [-0.39, 0.29) is 17.4 Å². The van der Waals surface area contributed by atoms with Gasteiger partial charge in [-0.2, -0.15) is 4.98 Å². The number of hydrogen-bond acceptors (Lipinski definition) is 5. The second kappa shape index (κ2) is 4.97. The number of halogens is 1. The lowest BCUT2D eigenvalue weighted by molar-refractivity contribution is 0.0773. The van der Waals surface area contributed by atoms with Gasteiger partial charge >= 0.3 is 0 Å². The monoisotopic (exact) mass is 263 g/mol. The minimum atomic E-state index is -0.463. The van der Waals surface area contributed by atoms with Gasteiger partial charge in [-0.25, -0.2) is 4.39 Å². The molecule has 2 aromatic rings. The Morgan fingerprint density at radius 3 is 3.00 bits per heavy atom. The summed E-state index contributed by atoms with van der Waals surface area (Å²) in [6, 6.07) is 4.38. The van der Waals surface area contributed by atoms with Gasteiger partial charge in [-0.1, -0.05) is 5.16 Å². The van der Waals surface area contributed by atoms with E-state index in [1.807, 2.05) is 0 Å². The first-order chi connectivity index (χ1) is 9.24. The quantitative estimate of drug-likeness (QED) is 0.842. The van der Waals surface area contributed by atoms with Crippen molar-refractivity contribution < 1.29 is 13.7 Å². The number of ether oxygens (including phenoxy) is 1. The number of nitrogens with two attached hydrogens (primary N) is 1. The van der Waals surface area contributed by atoms with Gasteiger partial charge in [0.15, 0.2) is 5.82 Å². The molecule has 2 N–H and O–H groups in total. The second-order valence-electron chi connectivity index (χ2n) is 4.61. The molecule has 1 saturated heterocycles. The van der Waals surface area contributed by atoms with Crippen LogP contribution in [0, 0.1) is 5.82 Å². The van der Waals surface area contributed by atoms with Crippen LogP contribution in [0.2, 0.25) is 0 Å². The van der Waals surface area contributed by atoms with Gasteiger partial charge < -0.3 is 15.0 Å². The second-order valence-corrected chi connectivity index (χ2v) is 4.61. The number of rotatable bonds is 2. The van der Waals surface area contributed by atoms with Crippen molar-refractivity contribution in [3.05, 3.63) is 29.8 Å². The van der Waals surface area contributed by atoms with Crippen LogP contribution in [-0.2, 0) is 4.74 Å². The van der Waals surface area contributed by atoms with Crippen LogP contribution in [0.3, 0.4) is 0 Å². The molecule has 1 aromatic carbocycles. The molecule has 0 spiro atoms. The molecule has 2 heterocycles. The lowest BCUT2D eigenvalue weighted by Crippen LogP contribution is -2.16. The van der Waals surface area contributed by atoms with Crippen molar-refractivity contribution in [1.82, 2.24) is 10.1 Å². The minimum absolute atomic E-state index is 0.128. The SMILES string of the molecule is Nc1ccc(-c2nc(C3CCCOC3)no2)c(F)c1. The fourth-order valence-electron chi connectivity index (χ4n) is 2.16. The van der Waals surface area contributed by atoms with Gasteiger partial charge in [-0.3, -0.25) is 0 Å². The molecule has 100 valence electrons. The lowest BCUT2D eigenvalue weighted by atomic mass is 10.0. The van der Waals surface area contributed by atoms with E-state index in [9.17, 15) is 4.39 Å². The summed E-state index contributed by atoms with van der Waals surface area (Å²) in [5, 5.41) is 3.92. The smallest absolute Gasteiger partial charge is 0.260 e. The van der Waals surface area contributed by atoms with Crippen LogP contribution in [0.25, 0.3) is 11.5 Å². The average Bonchev–Trinajstić information content (AvgIpc) is 2.89. The topological polar surface area (TPSA) is 74.2 Å². The van der Waals surface area contributed by atoms with E-state index in [0.717, 1.165) is 19.4 Å². The fraction of sp³-hybridized carbons (Fsp3) is 0.385. The van der Waals surface area contributed by atoms with Crippen LogP contribution in [0.5, 0.6) is 0 Å². The van der Waals surface area contributed by atoms with E-state index in [0.29, 0.717) is 18.1 Å². The third-order valence-electron chi connectivity index (χ3n) is 3.19. The highest BCUT2D eigenvalue weighted by Crippen LogP contribution is 2.27. The molecule has 1 aliphatic heterocycles. The van der Waals surface area contributed by atoms with Crippen LogP contribution < -0.4 is 5.73 Å². The molecule has 5 nitrogen and oxygen atoms in total. The number of hydrogen-bond donors (Lipinski definition) is 1. The van der Waals surface area contributed by atoms with E-state index < -0.39 is 5.82 Å². The maximum absolute atomic E-state index is 13.8. The molecule has 0 radical (unpaired) electrons. The van der Waals surface area contributed by atoms with E-state index in [1.165, 1.54) is 6.07 Å². The van der Waals surface area contributed by atoms with Crippen molar-refractivity contribution in [1.29, 1.82) is 0 Å². The summed E-state index contributed by atoms with van der Waals surface area (Å²) >= 11 is 0. The van der Waals surface area contributed by atoms with Crippen molar-refractivity contribution >= 4 is 5.69 Å². The normalized spacial score (nSPS) is 19.5. The summed E-state index contributed by atoms with van der Waals surface area (Å²) in [5.41, 5.74) is 6.14. The number of benzene rings is 1. The maximum atomic E-state index is 13.8. The Morgan fingerprint density at radius 1 is 1.37 bits per heavy atom. The molecule has 1 aromatic heterocycles. The molecule has 0 saturated carbocycles. The van der Waals surface area contributed by atoms with Crippen LogP contribution in [0.4, 0.5) is 10.1 Å². The molecular formula is C13H14FN3O2. The molecule has 1 atom stereocenters. The van der Waals surface area contributed by atoms with Crippen LogP contribution >= 0.6 is 0 Å². The van der Waals surface area contributed by atoms with E-state index >= 15 is 0 Å². The van der Waals surface area contributed by atoms with E-state index in [2.05, 4.69) is 10.1 Å². The Bertz CT molecular complexity index is 579. The summed E-state index contributed by atoms with van der Waals surface area (Å²) in [7, 11) is 0. The van der Waals surface area contributed by atoms with Crippen molar-refractivity contribution in [2.45, 2.75) is 18.8 Å². The van der Waals surface area contributed by atoms with Gasteiger partial charge in [-0.05, 0) is 31.0 Å². The standard InChI is InChI=1S/C13H14FN3O2/c14-11-6-9(15)3-4-10(11)13-16-12(17-19-13)8-2-1-5-18-7-8/h3-4,6,8H,1-2,5,7,15H2. The predicted molar refractivity (Wildman–Crippen MR) is 66.9 cm³/mol. The van der Waals surface area contributed by atoms with Gasteiger partial charge in [0.2, 0.25) is 0 Å². The summed E-state index contributed by atoms with van der Waals surface area (Å²) in [6.07, 6.45) is 1.94. The first-order valence-electron chi connectivity index (χ1n) is 6.21. The third-order valence-corrected chi connectivity index (χ3v) is 3.19. The number of nitrogens with zero attached hydrogens (tertiary/aromatic N) is 2. The molecule has 3 rings (SSSR count). The van der Waals surface area contributed by atoms with E-state index in [1.54, 1.807) is 12.1 Å². The summed E-state index contributed by atoms with van der Waals surface area (Å²) in [5.74, 6) is 0.419. The van der Waals surface area contributed by atoms with Gasteiger partial charge in [0.1, 0.15) is 5.82 Å². The summed E-state index contributed by atoms with van der Waals surface area (Å²) < 4.78 is 24.3. The van der Waals surface area contributed by atoms with Crippen LogP contribution in [0.15, 0.2) is 22.7 Å². The van der Waals surface area contributed by atoms with Crippen molar-refractivity contribution in [3.8, 4) is 11.5 Å². The van der Waals surface area contributed by atoms with Crippen molar-refractivity contribution in [3.63, 3.8) is 0 Å². The number of nitrogen functional groups attached to an aromatic ring is 1. The highest BCUT2D eigenvalue weighted by molar-refractivity contribution is 5.58.